The molecule has 0 saturated heterocycles. The Morgan fingerprint density at radius 1 is 1.67 bits per heavy atom. The number of hydrogen-bond donors (Lipinski definition) is 0. The van der Waals surface area contributed by atoms with E-state index in [4.69, 9.17) is 5.26 Å². The maximum absolute atomic E-state index is 11.1. The van der Waals surface area contributed by atoms with E-state index in [0.29, 0.717) is 0 Å². The van der Waals surface area contributed by atoms with Gasteiger partial charge in [0.15, 0.2) is 5.75 Å². The van der Waals surface area contributed by atoms with Gasteiger partial charge in [-0.1, -0.05) is 12.2 Å². The fraction of sp³-hybridized carbons (Fsp3) is 0.571. The second-order valence-electron chi connectivity index (χ2n) is 2.63. The first-order chi connectivity index (χ1) is 5.40. The zero-order valence-electron chi connectivity index (χ0n) is 7.24. The lowest BCUT2D eigenvalue weighted by Gasteiger charge is -2.14. The van der Waals surface area contributed by atoms with Crippen molar-refractivity contribution in [1.82, 2.24) is 4.31 Å². The molecular formula is C7H12N2O2S. The number of rotatable bonds is 4. The quantitative estimate of drug-likeness (QED) is 0.598. The summed E-state index contributed by atoms with van der Waals surface area (Å²) in [6, 6.07) is 1.60. The summed E-state index contributed by atoms with van der Waals surface area (Å²) in [5.74, 6) is -0.475. The SMILES string of the molecule is C=C(C)CN(C)S(=O)(=O)CC#N. The Kier molecular flexibility index (Phi) is 3.93. The maximum Gasteiger partial charge on any atom is 0.227 e. The number of sulfonamides is 1. The highest BCUT2D eigenvalue weighted by Gasteiger charge is 2.16. The fourth-order valence-electron chi connectivity index (χ4n) is 0.670. The van der Waals surface area contributed by atoms with Crippen molar-refractivity contribution in [3.05, 3.63) is 12.2 Å². The van der Waals surface area contributed by atoms with Crippen LogP contribution in [0.1, 0.15) is 6.92 Å². The van der Waals surface area contributed by atoms with Gasteiger partial charge in [0.05, 0.1) is 6.07 Å². The molecule has 0 atom stereocenters. The molecule has 0 amide bonds. The third-order valence-corrected chi connectivity index (χ3v) is 2.79. The Labute approximate surface area is 73.2 Å². The molecule has 0 N–H and O–H groups in total. The summed E-state index contributed by atoms with van der Waals surface area (Å²) >= 11 is 0. The molecule has 0 heterocycles. The maximum atomic E-state index is 11.1. The third kappa shape index (κ3) is 3.51. The molecule has 4 nitrogen and oxygen atoms in total. The monoisotopic (exact) mass is 188 g/mol. The number of likely N-dealkylation sites (N-methyl/N-ethyl adjacent to an activating group) is 1. The average molecular weight is 188 g/mol. The van der Waals surface area contributed by atoms with E-state index in [2.05, 4.69) is 6.58 Å². The third-order valence-electron chi connectivity index (χ3n) is 1.21. The zero-order valence-corrected chi connectivity index (χ0v) is 8.06. The highest BCUT2D eigenvalue weighted by Crippen LogP contribution is 2.00. The minimum atomic E-state index is -3.39. The van der Waals surface area contributed by atoms with E-state index in [1.54, 1.807) is 13.0 Å². The summed E-state index contributed by atoms with van der Waals surface area (Å²) in [6.45, 7) is 5.58. The minimum absolute atomic E-state index is 0.268. The molecule has 0 spiro atoms. The van der Waals surface area contributed by atoms with Gasteiger partial charge in [-0.15, -0.1) is 0 Å². The lowest BCUT2D eigenvalue weighted by molar-refractivity contribution is 0.496. The van der Waals surface area contributed by atoms with Gasteiger partial charge in [0.25, 0.3) is 0 Å². The second-order valence-corrected chi connectivity index (χ2v) is 4.70. The summed E-state index contributed by atoms with van der Waals surface area (Å²) in [5, 5.41) is 8.21. The lowest BCUT2D eigenvalue weighted by atomic mass is 10.4. The molecule has 0 aliphatic heterocycles. The molecule has 0 aliphatic rings. The second kappa shape index (κ2) is 4.24. The molecule has 0 radical (unpaired) electrons. The van der Waals surface area contributed by atoms with Crippen LogP contribution in [0.25, 0.3) is 0 Å². The predicted molar refractivity (Wildman–Crippen MR) is 46.8 cm³/mol. The largest absolute Gasteiger partial charge is 0.227 e. The molecule has 5 heteroatoms. The Morgan fingerprint density at radius 3 is 2.50 bits per heavy atom. The Balaban J connectivity index is 4.39. The predicted octanol–water partition coefficient (Wildman–Crippen LogP) is 0.348. The molecule has 68 valence electrons. The van der Waals surface area contributed by atoms with Crippen LogP contribution in [0, 0.1) is 11.3 Å². The normalized spacial score (nSPS) is 11.2. The summed E-state index contributed by atoms with van der Waals surface area (Å²) in [7, 11) is -1.96. The Bertz CT molecular complexity index is 300. The molecule has 0 rings (SSSR count). The summed E-state index contributed by atoms with van der Waals surface area (Å²) in [4.78, 5) is 0. The Morgan fingerprint density at radius 2 is 2.17 bits per heavy atom. The van der Waals surface area contributed by atoms with Crippen molar-refractivity contribution in [2.75, 3.05) is 19.3 Å². The minimum Gasteiger partial charge on any atom is -0.211 e. The summed E-state index contributed by atoms with van der Waals surface area (Å²) < 4.78 is 23.4. The van der Waals surface area contributed by atoms with Crippen LogP contribution in [0.15, 0.2) is 12.2 Å². The van der Waals surface area contributed by atoms with Crippen molar-refractivity contribution >= 4 is 10.0 Å². The summed E-state index contributed by atoms with van der Waals surface area (Å²) in [5.41, 5.74) is 0.749. The first-order valence-corrected chi connectivity index (χ1v) is 4.96. The average Bonchev–Trinajstić information content (AvgIpc) is 1.85. The molecular weight excluding hydrogens is 176 g/mol. The summed E-state index contributed by atoms with van der Waals surface area (Å²) in [6.07, 6.45) is 0. The van der Waals surface area contributed by atoms with E-state index in [1.807, 2.05) is 0 Å². The number of nitriles is 1. The van der Waals surface area contributed by atoms with E-state index in [0.717, 1.165) is 9.88 Å². The molecule has 12 heavy (non-hydrogen) atoms. The fourth-order valence-corrected chi connectivity index (χ4v) is 1.47. The van der Waals surface area contributed by atoms with Crippen molar-refractivity contribution in [3.8, 4) is 6.07 Å². The molecule has 0 aromatic carbocycles. The van der Waals surface area contributed by atoms with Gasteiger partial charge in [-0.25, -0.2) is 12.7 Å². The smallest absolute Gasteiger partial charge is 0.211 e. The van der Waals surface area contributed by atoms with E-state index < -0.39 is 15.8 Å². The van der Waals surface area contributed by atoms with Crippen LogP contribution in [-0.4, -0.2) is 32.1 Å². The number of hydrogen-bond acceptors (Lipinski definition) is 3. The van der Waals surface area contributed by atoms with E-state index in [9.17, 15) is 8.42 Å². The van der Waals surface area contributed by atoms with E-state index >= 15 is 0 Å². The highest BCUT2D eigenvalue weighted by molar-refractivity contribution is 7.89. The van der Waals surface area contributed by atoms with Crippen molar-refractivity contribution in [2.45, 2.75) is 6.92 Å². The van der Waals surface area contributed by atoms with Gasteiger partial charge >= 0.3 is 0 Å². The first-order valence-electron chi connectivity index (χ1n) is 3.35. The van der Waals surface area contributed by atoms with Gasteiger partial charge in [-0.05, 0) is 6.92 Å². The topological polar surface area (TPSA) is 61.2 Å². The van der Waals surface area contributed by atoms with Crippen LogP contribution in [0.3, 0.4) is 0 Å². The molecule has 0 bridgehead atoms. The van der Waals surface area contributed by atoms with Gasteiger partial charge in [-0.2, -0.15) is 5.26 Å². The molecule has 0 saturated carbocycles. The van der Waals surface area contributed by atoms with Crippen molar-refractivity contribution in [1.29, 1.82) is 5.26 Å². The van der Waals surface area contributed by atoms with Crippen molar-refractivity contribution < 1.29 is 8.42 Å². The first kappa shape index (κ1) is 11.1. The van der Waals surface area contributed by atoms with Crippen LogP contribution in [0.2, 0.25) is 0 Å². The van der Waals surface area contributed by atoms with Crippen LogP contribution in [0.5, 0.6) is 0 Å². The van der Waals surface area contributed by atoms with Gasteiger partial charge in [0.1, 0.15) is 0 Å². The zero-order chi connectivity index (χ0) is 9.78. The molecule has 0 aromatic rings. The van der Waals surface area contributed by atoms with Crippen LogP contribution >= 0.6 is 0 Å². The standard InChI is InChI=1S/C7H12N2O2S/c1-7(2)6-9(3)12(10,11)5-4-8/h1,5-6H2,2-3H3. The van der Waals surface area contributed by atoms with E-state index in [-0.39, 0.29) is 6.54 Å². The van der Waals surface area contributed by atoms with Crippen LogP contribution < -0.4 is 0 Å². The van der Waals surface area contributed by atoms with Crippen LogP contribution in [-0.2, 0) is 10.0 Å². The Hall–Kier alpha value is -0.860. The van der Waals surface area contributed by atoms with Gasteiger partial charge in [0.2, 0.25) is 10.0 Å². The molecule has 0 aliphatic carbocycles. The van der Waals surface area contributed by atoms with Gasteiger partial charge in [-0.3, -0.25) is 0 Å². The molecule has 0 fully saturated rings. The van der Waals surface area contributed by atoms with Crippen molar-refractivity contribution in [2.24, 2.45) is 0 Å². The van der Waals surface area contributed by atoms with Gasteiger partial charge in [0, 0.05) is 13.6 Å². The molecule has 0 aromatic heterocycles. The van der Waals surface area contributed by atoms with Crippen molar-refractivity contribution in [3.63, 3.8) is 0 Å². The van der Waals surface area contributed by atoms with Crippen LogP contribution in [0.4, 0.5) is 0 Å². The highest BCUT2D eigenvalue weighted by atomic mass is 32.2. The number of nitrogens with zero attached hydrogens (tertiary/aromatic N) is 2. The lowest BCUT2D eigenvalue weighted by Crippen LogP contribution is -2.30. The molecule has 0 unspecified atom stereocenters. The van der Waals surface area contributed by atoms with E-state index in [1.165, 1.54) is 7.05 Å². The van der Waals surface area contributed by atoms with Gasteiger partial charge < -0.3 is 0 Å².